The zero-order valence-electron chi connectivity index (χ0n) is 21.5. The number of ether oxygens (including phenoxy) is 1. The summed E-state index contributed by atoms with van der Waals surface area (Å²) in [6, 6.07) is 15.7. The van der Waals surface area contributed by atoms with Gasteiger partial charge in [-0.2, -0.15) is 0 Å². The molecule has 196 valence electrons. The third-order valence-corrected chi connectivity index (χ3v) is 8.34. The minimum Gasteiger partial charge on any atom is -0.377 e. The molecule has 38 heavy (non-hydrogen) atoms. The number of rotatable bonds is 6. The number of morpholine rings is 1. The molecule has 1 atom stereocenters. The van der Waals surface area contributed by atoms with E-state index in [0.29, 0.717) is 30.2 Å². The maximum atomic E-state index is 12.9. The first-order valence-corrected chi connectivity index (χ1v) is 13.8. The van der Waals surface area contributed by atoms with Crippen molar-refractivity contribution in [3.8, 4) is 0 Å². The van der Waals surface area contributed by atoms with Crippen molar-refractivity contribution < 1.29 is 14.3 Å². The molecule has 4 aromatic rings. The number of amides is 2. The summed E-state index contributed by atoms with van der Waals surface area (Å²) >= 11 is 1.47. The molecule has 2 aliphatic rings. The van der Waals surface area contributed by atoms with Gasteiger partial charge in [0.25, 0.3) is 11.8 Å². The van der Waals surface area contributed by atoms with E-state index in [1.165, 1.54) is 11.3 Å². The molecule has 0 unspecified atom stereocenters. The Morgan fingerprint density at radius 2 is 2.08 bits per heavy atom. The average molecular weight is 530 g/mol. The number of H-pyrrole nitrogens is 1. The van der Waals surface area contributed by atoms with Gasteiger partial charge in [0.2, 0.25) is 0 Å². The normalized spacial score (nSPS) is 18.7. The molecular formula is C29H31N5O3S. The van der Waals surface area contributed by atoms with Crippen LogP contribution in [0.5, 0.6) is 0 Å². The fraction of sp³-hybridized carbons (Fsp3) is 0.345. The summed E-state index contributed by atoms with van der Waals surface area (Å²) in [6.45, 7) is 6.45. The monoisotopic (exact) mass is 529 g/mol. The third-order valence-electron chi connectivity index (χ3n) is 7.21. The zero-order chi connectivity index (χ0) is 26.3. The van der Waals surface area contributed by atoms with Crippen molar-refractivity contribution >= 4 is 39.2 Å². The van der Waals surface area contributed by atoms with Gasteiger partial charge in [-0.1, -0.05) is 41.7 Å². The molecule has 1 fully saturated rings. The summed E-state index contributed by atoms with van der Waals surface area (Å²) in [5.41, 5.74) is 4.39. The molecule has 1 saturated heterocycles. The van der Waals surface area contributed by atoms with Crippen molar-refractivity contribution in [3.05, 3.63) is 82.0 Å². The minimum absolute atomic E-state index is 0.0421. The van der Waals surface area contributed by atoms with Crippen LogP contribution in [-0.2, 0) is 24.1 Å². The molecule has 2 aromatic carbocycles. The smallest absolute Gasteiger partial charge is 0.263 e. The largest absolute Gasteiger partial charge is 0.377 e. The first kappa shape index (κ1) is 24.6. The number of carbonyl (C=O) groups is 2. The van der Waals surface area contributed by atoms with Crippen LogP contribution in [0.1, 0.15) is 50.7 Å². The summed E-state index contributed by atoms with van der Waals surface area (Å²) in [7, 11) is 0. The fourth-order valence-corrected chi connectivity index (χ4v) is 6.36. The Kier molecular flexibility index (Phi) is 6.41. The van der Waals surface area contributed by atoms with Gasteiger partial charge < -0.3 is 25.3 Å². The molecule has 0 aliphatic carbocycles. The van der Waals surface area contributed by atoms with E-state index in [1.807, 2.05) is 68.6 Å². The molecule has 0 bridgehead atoms. The summed E-state index contributed by atoms with van der Waals surface area (Å²) in [5.74, 6) is -0.139. The van der Waals surface area contributed by atoms with Crippen LogP contribution in [0.4, 0.5) is 5.13 Å². The number of aromatic nitrogens is 2. The Hall–Kier alpha value is -3.69. The molecule has 6 rings (SSSR count). The van der Waals surface area contributed by atoms with Crippen molar-refractivity contribution in [2.45, 2.75) is 44.8 Å². The Morgan fingerprint density at radius 3 is 2.92 bits per heavy atom. The van der Waals surface area contributed by atoms with E-state index in [-0.39, 0.29) is 23.4 Å². The van der Waals surface area contributed by atoms with E-state index in [0.717, 1.165) is 52.2 Å². The van der Waals surface area contributed by atoms with Crippen LogP contribution < -0.4 is 15.5 Å². The highest BCUT2D eigenvalue weighted by Gasteiger charge is 2.35. The number of benzene rings is 2. The van der Waals surface area contributed by atoms with Gasteiger partial charge in [-0.15, -0.1) is 0 Å². The molecule has 4 heterocycles. The van der Waals surface area contributed by atoms with Crippen LogP contribution in [-0.4, -0.2) is 53.1 Å². The standard InChI is InChI=1S/C29H31N5O3S/c1-29(2)14-24-25(27(36)33-29)38-28(32-24)34-10-11-37-17-21(34)12-20-16-30-23-9-8-19(13-22(20)23)26(35)31-15-18-6-4-3-5-7-18/h3-9,13,16,21,30H,10-12,14-15,17H2,1-2H3,(H,31,35)(H,33,36)/t21-/m0/s1. The van der Waals surface area contributed by atoms with Crippen LogP contribution >= 0.6 is 11.3 Å². The molecule has 8 nitrogen and oxygen atoms in total. The van der Waals surface area contributed by atoms with Crippen molar-refractivity contribution in [1.29, 1.82) is 0 Å². The molecule has 0 spiro atoms. The van der Waals surface area contributed by atoms with E-state index in [9.17, 15) is 9.59 Å². The number of nitrogens with one attached hydrogen (secondary N) is 3. The lowest BCUT2D eigenvalue weighted by Gasteiger charge is -2.35. The van der Waals surface area contributed by atoms with Crippen molar-refractivity contribution in [2.75, 3.05) is 24.7 Å². The molecule has 2 amide bonds. The molecule has 3 N–H and O–H groups in total. The first-order valence-electron chi connectivity index (χ1n) is 12.9. The molecule has 9 heteroatoms. The van der Waals surface area contributed by atoms with Gasteiger partial charge in [0.15, 0.2) is 5.13 Å². The Morgan fingerprint density at radius 1 is 1.24 bits per heavy atom. The maximum Gasteiger partial charge on any atom is 0.263 e. The Balaban J connectivity index is 1.22. The molecule has 0 saturated carbocycles. The SMILES string of the molecule is CC1(C)Cc2nc(N3CCOC[C@@H]3Cc3c[nH]c4ccc(C(=O)NCc5ccccc5)cc34)sc2C(=O)N1. The number of hydrogen-bond donors (Lipinski definition) is 3. The van der Waals surface area contributed by atoms with Gasteiger partial charge in [0, 0.05) is 47.7 Å². The van der Waals surface area contributed by atoms with Gasteiger partial charge in [0.05, 0.1) is 24.9 Å². The first-order chi connectivity index (χ1) is 18.4. The predicted molar refractivity (Wildman–Crippen MR) is 149 cm³/mol. The number of aromatic amines is 1. The van der Waals surface area contributed by atoms with E-state index < -0.39 is 0 Å². The summed E-state index contributed by atoms with van der Waals surface area (Å²) in [4.78, 5) is 36.8. The van der Waals surface area contributed by atoms with Gasteiger partial charge in [-0.05, 0) is 49.6 Å². The molecule has 2 aliphatic heterocycles. The van der Waals surface area contributed by atoms with Crippen LogP contribution in [0.25, 0.3) is 10.9 Å². The second kappa shape index (κ2) is 9.89. The van der Waals surface area contributed by atoms with Gasteiger partial charge in [-0.25, -0.2) is 4.98 Å². The fourth-order valence-electron chi connectivity index (χ4n) is 5.28. The number of hydrogen-bond acceptors (Lipinski definition) is 6. The van der Waals surface area contributed by atoms with E-state index in [2.05, 4.69) is 20.5 Å². The highest BCUT2D eigenvalue weighted by Crippen LogP contribution is 2.34. The predicted octanol–water partition coefficient (Wildman–Crippen LogP) is 4.07. The van der Waals surface area contributed by atoms with Crippen molar-refractivity contribution in [2.24, 2.45) is 0 Å². The lowest BCUT2D eigenvalue weighted by molar-refractivity contribution is 0.0899. The van der Waals surface area contributed by atoms with E-state index in [4.69, 9.17) is 9.72 Å². The lowest BCUT2D eigenvalue weighted by Crippen LogP contribution is -2.48. The van der Waals surface area contributed by atoms with Crippen LogP contribution in [0.3, 0.4) is 0 Å². The van der Waals surface area contributed by atoms with Crippen LogP contribution in [0.2, 0.25) is 0 Å². The zero-order valence-corrected chi connectivity index (χ0v) is 22.4. The quantitative estimate of drug-likeness (QED) is 0.350. The minimum atomic E-state index is -0.297. The third kappa shape index (κ3) is 4.91. The summed E-state index contributed by atoms with van der Waals surface area (Å²) in [6.07, 6.45) is 3.47. The van der Waals surface area contributed by atoms with E-state index >= 15 is 0 Å². The average Bonchev–Trinajstić information content (AvgIpc) is 3.51. The summed E-state index contributed by atoms with van der Waals surface area (Å²) in [5, 5.41) is 8.00. The van der Waals surface area contributed by atoms with Gasteiger partial charge >= 0.3 is 0 Å². The number of thiazole rings is 1. The maximum absolute atomic E-state index is 12.9. The molecular weight excluding hydrogens is 498 g/mol. The Labute approximate surface area is 225 Å². The Bertz CT molecular complexity index is 1490. The van der Waals surface area contributed by atoms with Crippen LogP contribution in [0, 0.1) is 0 Å². The number of anilines is 1. The number of carbonyl (C=O) groups excluding carboxylic acids is 2. The second-order valence-electron chi connectivity index (χ2n) is 10.7. The number of nitrogens with zero attached hydrogens (tertiary/aromatic N) is 2. The van der Waals surface area contributed by atoms with E-state index in [1.54, 1.807) is 0 Å². The van der Waals surface area contributed by atoms with Crippen molar-refractivity contribution in [3.63, 3.8) is 0 Å². The second-order valence-corrected chi connectivity index (χ2v) is 11.6. The highest BCUT2D eigenvalue weighted by molar-refractivity contribution is 7.17. The van der Waals surface area contributed by atoms with Gasteiger partial charge in [-0.3, -0.25) is 9.59 Å². The lowest BCUT2D eigenvalue weighted by atomic mass is 9.94. The molecule has 2 aromatic heterocycles. The van der Waals surface area contributed by atoms with Gasteiger partial charge in [0.1, 0.15) is 4.88 Å². The molecule has 0 radical (unpaired) electrons. The van der Waals surface area contributed by atoms with Crippen molar-refractivity contribution in [1.82, 2.24) is 20.6 Å². The topological polar surface area (TPSA) is 99.3 Å². The van der Waals surface area contributed by atoms with Crippen LogP contribution in [0.15, 0.2) is 54.7 Å². The number of fused-ring (bicyclic) bond motifs is 2. The summed E-state index contributed by atoms with van der Waals surface area (Å²) < 4.78 is 5.87. The highest BCUT2D eigenvalue weighted by atomic mass is 32.1.